The molecule has 0 aromatic heterocycles. The molecule has 58 valence electrons. The van der Waals surface area contributed by atoms with Gasteiger partial charge in [-0.15, -0.1) is 0 Å². The van der Waals surface area contributed by atoms with Crippen molar-refractivity contribution in [1.29, 1.82) is 0 Å². The number of rotatable bonds is 1. The molecule has 0 spiro atoms. The number of hydrogen-bond donors (Lipinski definition) is 1. The Morgan fingerprint density at radius 3 is 2.25 bits per heavy atom. The van der Waals surface area contributed by atoms with Crippen LogP contribution in [0, 0.1) is 6.92 Å². The quantitative estimate of drug-likeness (QED) is 0.428. The monoisotopic (exact) mass is 205 g/mol. The maximum absolute atomic E-state index is 10.4. The maximum atomic E-state index is 10.4. The molecule has 2 nitrogen and oxygen atoms in total. The Morgan fingerprint density at radius 1 is 1.33 bits per heavy atom. The van der Waals surface area contributed by atoms with E-state index in [0.717, 1.165) is 11.3 Å². The zero-order chi connectivity index (χ0) is 8.27. The van der Waals surface area contributed by atoms with E-state index in [2.05, 4.69) is 17.5 Å². The molecule has 4 heteroatoms. The van der Waals surface area contributed by atoms with Crippen LogP contribution < -0.4 is 61.8 Å². The molecule has 0 unspecified atom stereocenters. The molecule has 1 rings (SSSR count). The summed E-state index contributed by atoms with van der Waals surface area (Å²) in [6.07, 6.45) is 0. The Morgan fingerprint density at radius 2 is 1.83 bits per heavy atom. The number of benzene rings is 1. The summed E-state index contributed by atoms with van der Waals surface area (Å²) in [5.41, 5.74) is 1.91. The van der Waals surface area contributed by atoms with Crippen LogP contribution in [0.3, 0.4) is 0 Å². The average molecular weight is 205 g/mol. The summed E-state index contributed by atoms with van der Waals surface area (Å²) in [4.78, 5) is 0. The van der Waals surface area contributed by atoms with E-state index in [1.165, 1.54) is 0 Å². The normalized spacial score (nSPS) is 8.42. The van der Waals surface area contributed by atoms with Crippen LogP contribution in [0.25, 0.3) is 0 Å². The van der Waals surface area contributed by atoms with Crippen molar-refractivity contribution in [2.45, 2.75) is 6.92 Å². The summed E-state index contributed by atoms with van der Waals surface area (Å²) >= 11 is 4.34. The fraction of sp³-hybridized carbons (Fsp3) is 0.125. The van der Waals surface area contributed by atoms with Gasteiger partial charge in [0.25, 0.3) is 0 Å². The minimum absolute atomic E-state index is 0. The molecule has 0 radical (unpaired) electrons. The van der Waals surface area contributed by atoms with Crippen molar-refractivity contribution in [2.24, 2.45) is 0 Å². The van der Waals surface area contributed by atoms with Gasteiger partial charge in [0.15, 0.2) is 0 Å². The van der Waals surface area contributed by atoms with Crippen LogP contribution in [-0.2, 0) is 0 Å². The first-order valence-corrected chi connectivity index (χ1v) is 3.64. The van der Waals surface area contributed by atoms with Crippen molar-refractivity contribution in [3.05, 3.63) is 29.8 Å². The second-order valence-corrected chi connectivity index (χ2v) is 2.65. The maximum Gasteiger partial charge on any atom is 1.00 e. The fourth-order valence-electron chi connectivity index (χ4n) is 0.755. The second kappa shape index (κ2) is 6.07. The minimum atomic E-state index is -0.450. The molecule has 0 amide bonds. The molecule has 0 bridgehead atoms. The van der Waals surface area contributed by atoms with Crippen LogP contribution in [0.1, 0.15) is 5.56 Å². The van der Waals surface area contributed by atoms with Crippen molar-refractivity contribution in [2.75, 3.05) is 5.32 Å². The van der Waals surface area contributed by atoms with Gasteiger partial charge in [-0.2, -0.15) is 0 Å². The molecule has 1 N–H and O–H groups in total. The number of nitrogens with one attached hydrogen (secondary N) is 1. The molecule has 0 heterocycles. The first kappa shape index (κ1) is 12.5. The zero-order valence-electron chi connectivity index (χ0n) is 7.13. The standard InChI is InChI=1S/C8H9NOS.K/c1-6-2-4-7(5-3-6)9-8(10)11;/h2-5H,1H3,(H2,9,10,11);/q;+1/p-1. The van der Waals surface area contributed by atoms with Crippen LogP contribution >= 0.6 is 12.2 Å². The van der Waals surface area contributed by atoms with Gasteiger partial charge in [-0.1, -0.05) is 29.9 Å². The van der Waals surface area contributed by atoms with E-state index >= 15 is 0 Å². The Bertz CT molecular complexity index is 260. The number of hydrogen-bond acceptors (Lipinski definition) is 2. The summed E-state index contributed by atoms with van der Waals surface area (Å²) in [5.74, 6) is 0. The van der Waals surface area contributed by atoms with Crippen LogP contribution in [0.15, 0.2) is 24.3 Å². The minimum Gasteiger partial charge on any atom is -0.852 e. The van der Waals surface area contributed by atoms with E-state index in [0.29, 0.717) is 0 Å². The molecule has 0 aliphatic rings. The molecule has 0 aliphatic carbocycles. The third kappa shape index (κ3) is 4.54. The molecule has 1 aromatic rings. The first-order chi connectivity index (χ1) is 5.18. The van der Waals surface area contributed by atoms with Crippen LogP contribution in [-0.4, -0.2) is 5.17 Å². The van der Waals surface area contributed by atoms with E-state index < -0.39 is 5.17 Å². The molecule has 0 fully saturated rings. The molecule has 0 aliphatic heterocycles. The molecule has 0 saturated heterocycles. The van der Waals surface area contributed by atoms with Gasteiger partial charge in [-0.05, 0) is 19.1 Å². The van der Waals surface area contributed by atoms with Crippen molar-refractivity contribution < 1.29 is 56.5 Å². The number of aryl methyl sites for hydroxylation is 1. The molecular formula is C8H8KNOS. The van der Waals surface area contributed by atoms with Gasteiger partial charge in [-0.25, -0.2) is 0 Å². The van der Waals surface area contributed by atoms with Crippen molar-refractivity contribution in [3.63, 3.8) is 0 Å². The molecule has 1 aromatic carbocycles. The van der Waals surface area contributed by atoms with Gasteiger partial charge in [0.2, 0.25) is 0 Å². The van der Waals surface area contributed by atoms with Crippen LogP contribution in [0.2, 0.25) is 0 Å². The SMILES string of the molecule is Cc1ccc(NC([O-])=S)cc1.[K+]. The van der Waals surface area contributed by atoms with Gasteiger partial charge >= 0.3 is 51.4 Å². The smallest absolute Gasteiger partial charge is 0.852 e. The van der Waals surface area contributed by atoms with E-state index in [1.54, 1.807) is 0 Å². The molecule has 12 heavy (non-hydrogen) atoms. The van der Waals surface area contributed by atoms with Crippen molar-refractivity contribution in [1.82, 2.24) is 0 Å². The van der Waals surface area contributed by atoms with Gasteiger partial charge in [0, 0.05) is 10.9 Å². The Balaban J connectivity index is 0.00000121. The summed E-state index contributed by atoms with van der Waals surface area (Å²) in [6, 6.07) is 7.47. The third-order valence-electron chi connectivity index (χ3n) is 1.30. The number of anilines is 1. The predicted molar refractivity (Wildman–Crippen MR) is 47.4 cm³/mol. The summed E-state index contributed by atoms with van der Waals surface area (Å²) in [5, 5.41) is 12.5. The summed E-state index contributed by atoms with van der Waals surface area (Å²) in [7, 11) is 0. The Labute approximate surface area is 120 Å². The summed E-state index contributed by atoms with van der Waals surface area (Å²) in [6.45, 7) is 1.99. The van der Waals surface area contributed by atoms with Gasteiger partial charge in [0.05, 0.1) is 0 Å². The zero-order valence-corrected chi connectivity index (χ0v) is 11.1. The second-order valence-electron chi connectivity index (χ2n) is 2.28. The van der Waals surface area contributed by atoms with Crippen LogP contribution in [0.5, 0.6) is 0 Å². The van der Waals surface area contributed by atoms with E-state index in [4.69, 9.17) is 0 Å². The molecule has 0 saturated carbocycles. The van der Waals surface area contributed by atoms with Gasteiger partial charge in [-0.3, -0.25) is 0 Å². The van der Waals surface area contributed by atoms with Gasteiger partial charge < -0.3 is 10.4 Å². The average Bonchev–Trinajstić information content (AvgIpc) is 1.93. The van der Waals surface area contributed by atoms with Gasteiger partial charge in [0.1, 0.15) is 0 Å². The Kier molecular flexibility index (Phi) is 6.35. The third-order valence-corrected chi connectivity index (χ3v) is 1.40. The van der Waals surface area contributed by atoms with Crippen molar-refractivity contribution >= 4 is 23.1 Å². The van der Waals surface area contributed by atoms with E-state index in [1.807, 2.05) is 31.2 Å². The topological polar surface area (TPSA) is 35.1 Å². The molecular weight excluding hydrogens is 197 g/mol. The van der Waals surface area contributed by atoms with Crippen molar-refractivity contribution in [3.8, 4) is 0 Å². The Hall–Kier alpha value is 0.546. The number of thiocarbonyl (C=S) groups is 1. The predicted octanol–water partition coefficient (Wildman–Crippen LogP) is -1.94. The fourth-order valence-corrected chi connectivity index (χ4v) is 0.873. The van der Waals surface area contributed by atoms with E-state index in [-0.39, 0.29) is 51.4 Å². The first-order valence-electron chi connectivity index (χ1n) is 3.23. The summed E-state index contributed by atoms with van der Waals surface area (Å²) < 4.78 is 0. The van der Waals surface area contributed by atoms with Crippen LogP contribution in [0.4, 0.5) is 5.69 Å². The van der Waals surface area contributed by atoms with E-state index in [9.17, 15) is 5.11 Å². The molecule has 0 atom stereocenters. The largest absolute Gasteiger partial charge is 1.00 e.